The molecule has 1 aliphatic rings. The molecule has 5 rings (SSSR count). The third-order valence-electron chi connectivity index (χ3n) is 7.62. The first-order valence-corrected chi connectivity index (χ1v) is 14.5. The topological polar surface area (TPSA) is 48.4 Å². The van der Waals surface area contributed by atoms with Gasteiger partial charge in [0.05, 0.1) is 42.7 Å². The van der Waals surface area contributed by atoms with Gasteiger partial charge < -0.3 is 19.8 Å². The van der Waals surface area contributed by atoms with Gasteiger partial charge in [-0.2, -0.15) is 0 Å². The Bertz CT molecular complexity index is 1330. The molecule has 0 unspecified atom stereocenters. The highest BCUT2D eigenvalue weighted by Crippen LogP contribution is 2.40. The van der Waals surface area contributed by atoms with E-state index in [0.717, 1.165) is 38.3 Å². The molecule has 0 fully saturated rings. The van der Waals surface area contributed by atoms with Gasteiger partial charge in [-0.15, -0.1) is 0 Å². The highest BCUT2D eigenvalue weighted by molar-refractivity contribution is 5.82. The zero-order valence-electron chi connectivity index (χ0n) is 23.9. The largest absolute Gasteiger partial charge is 0.337 e. The summed E-state index contributed by atoms with van der Waals surface area (Å²) < 4.78 is 6.79. The minimum absolute atomic E-state index is 1.01. The first-order valence-electron chi connectivity index (χ1n) is 14.5. The molecule has 0 saturated heterocycles. The molecule has 8 nitrogen and oxygen atoms in total. The normalized spacial score (nSPS) is 13.7. The van der Waals surface area contributed by atoms with Crippen molar-refractivity contribution in [2.45, 2.75) is 58.2 Å². The molecule has 0 atom stereocenters. The molecule has 210 valence electrons. The van der Waals surface area contributed by atoms with Gasteiger partial charge in [0.25, 0.3) is 0 Å². The highest BCUT2D eigenvalue weighted by Gasteiger charge is 2.28. The Balaban J connectivity index is 1.05. The van der Waals surface area contributed by atoms with Crippen LogP contribution in [0.2, 0.25) is 0 Å². The number of fused-ring (bicyclic) bond motifs is 1. The molecular formula is C32H43N8+. The van der Waals surface area contributed by atoms with Gasteiger partial charge in [0.2, 0.25) is 6.33 Å². The Kier molecular flexibility index (Phi) is 9.40. The van der Waals surface area contributed by atoms with E-state index in [2.05, 4.69) is 119 Å². The second kappa shape index (κ2) is 13.7. The number of rotatable bonds is 15. The molecule has 8 heteroatoms. The van der Waals surface area contributed by atoms with E-state index in [9.17, 15) is 0 Å². The van der Waals surface area contributed by atoms with E-state index in [1.807, 2.05) is 31.8 Å². The molecule has 0 spiro atoms. The maximum atomic E-state index is 4.11. The molecule has 0 bridgehead atoms. The minimum atomic E-state index is 1.01. The number of hydrogen-bond acceptors (Lipinski definition) is 5. The number of anilines is 3. The van der Waals surface area contributed by atoms with E-state index in [0.29, 0.717) is 0 Å². The highest BCUT2D eigenvalue weighted by atomic mass is 15.5. The predicted molar refractivity (Wildman–Crippen MR) is 163 cm³/mol. The summed E-state index contributed by atoms with van der Waals surface area (Å²) in [6, 6.07) is 19.1. The molecule has 2 aromatic heterocycles. The van der Waals surface area contributed by atoms with E-state index in [1.165, 1.54) is 49.3 Å². The van der Waals surface area contributed by atoms with Crippen molar-refractivity contribution in [2.75, 3.05) is 35.4 Å². The summed E-state index contributed by atoms with van der Waals surface area (Å²) in [5, 5.41) is 2.05. The molecule has 0 amide bonds. The van der Waals surface area contributed by atoms with Gasteiger partial charge in [-0.25, -0.2) is 14.1 Å². The lowest BCUT2D eigenvalue weighted by Gasteiger charge is -2.25. The number of nitrogens with one attached hydrogen (secondary N) is 1. The van der Waals surface area contributed by atoms with E-state index in [4.69, 9.17) is 0 Å². The Morgan fingerprint density at radius 3 is 2.35 bits per heavy atom. The third kappa shape index (κ3) is 7.05. The number of unbranched alkanes of at least 4 members (excludes halogenated alkanes) is 4. The number of hydrogen-bond donors (Lipinski definition) is 1. The average molecular weight is 540 g/mol. The quantitative estimate of drug-likeness (QED) is 0.124. The van der Waals surface area contributed by atoms with E-state index in [1.54, 1.807) is 0 Å². The average Bonchev–Trinajstić information content (AvgIpc) is 3.73. The number of aryl methyl sites for hydroxylation is 3. The van der Waals surface area contributed by atoms with Crippen LogP contribution in [0, 0.1) is 0 Å². The summed E-state index contributed by atoms with van der Waals surface area (Å²) >= 11 is 0. The van der Waals surface area contributed by atoms with Crippen molar-refractivity contribution in [3.63, 3.8) is 0 Å². The molecule has 1 aliphatic heterocycles. The molecule has 0 aliphatic carbocycles. The van der Waals surface area contributed by atoms with Crippen molar-refractivity contribution < 1.29 is 4.57 Å². The monoisotopic (exact) mass is 539 g/mol. The van der Waals surface area contributed by atoms with Crippen molar-refractivity contribution in [1.82, 2.24) is 19.5 Å². The summed E-state index contributed by atoms with van der Waals surface area (Å²) in [5.41, 5.74) is 7.13. The lowest BCUT2D eigenvalue weighted by molar-refractivity contribution is -0.696. The summed E-state index contributed by atoms with van der Waals surface area (Å²) in [4.78, 5) is 8.84. The fraction of sp³-hybridized carbons (Fsp3) is 0.375. The number of aromatic nitrogens is 4. The standard InChI is InChI=1S/C32H43N8/c1-35-30-16-8-9-17-31(30)40(32(35)26-34-36(2)29-14-6-5-7-15-29)22-11-4-3-10-20-38-24-25-39(28-38)21-13-12-19-37-23-18-33-27-37/h5-9,14-18,23-28,34H,3-4,10-13,19-22H2,1-2H3/q+1. The SMILES string of the molecule is CN(NC=C1N(C)c2ccccc2N1CCCCCC[n+]1ccn(CCCCn2ccnc2)c1)c1ccccc1. The van der Waals surface area contributed by atoms with E-state index >= 15 is 0 Å². The fourth-order valence-electron chi connectivity index (χ4n) is 5.32. The first kappa shape index (κ1) is 27.4. The van der Waals surface area contributed by atoms with E-state index < -0.39 is 0 Å². The van der Waals surface area contributed by atoms with Crippen molar-refractivity contribution in [3.8, 4) is 0 Å². The Morgan fingerprint density at radius 2 is 1.55 bits per heavy atom. The number of benzene rings is 2. The fourth-order valence-corrected chi connectivity index (χ4v) is 5.32. The van der Waals surface area contributed by atoms with Crippen LogP contribution in [0.4, 0.5) is 17.1 Å². The lowest BCUT2D eigenvalue weighted by atomic mass is 10.2. The van der Waals surface area contributed by atoms with Crippen LogP contribution in [-0.4, -0.2) is 34.8 Å². The summed E-state index contributed by atoms with van der Waals surface area (Å²) in [6.45, 7) is 4.20. The zero-order chi connectivity index (χ0) is 27.6. The van der Waals surface area contributed by atoms with Gasteiger partial charge in [0.1, 0.15) is 18.2 Å². The zero-order valence-corrected chi connectivity index (χ0v) is 23.9. The van der Waals surface area contributed by atoms with Crippen LogP contribution in [0.15, 0.2) is 104 Å². The number of imidazole rings is 2. The van der Waals surface area contributed by atoms with E-state index in [-0.39, 0.29) is 0 Å². The molecule has 2 aromatic carbocycles. The summed E-state index contributed by atoms with van der Waals surface area (Å²) in [7, 11) is 4.20. The molecule has 40 heavy (non-hydrogen) atoms. The van der Waals surface area contributed by atoms with Crippen molar-refractivity contribution >= 4 is 17.1 Å². The maximum Gasteiger partial charge on any atom is 0.243 e. The Hall–Kier alpha value is -4.20. The number of nitrogens with zero attached hydrogens (tertiary/aromatic N) is 7. The molecule has 0 saturated carbocycles. The predicted octanol–water partition coefficient (Wildman–Crippen LogP) is 5.41. The van der Waals surface area contributed by atoms with Gasteiger partial charge in [-0.1, -0.05) is 36.8 Å². The van der Waals surface area contributed by atoms with Crippen LogP contribution in [-0.2, 0) is 19.6 Å². The Labute approximate surface area is 238 Å². The van der Waals surface area contributed by atoms with Gasteiger partial charge in [0.15, 0.2) is 0 Å². The van der Waals surface area contributed by atoms with Crippen LogP contribution in [0.25, 0.3) is 0 Å². The lowest BCUT2D eigenvalue weighted by Crippen LogP contribution is -2.34. The van der Waals surface area contributed by atoms with Crippen molar-refractivity contribution in [3.05, 3.63) is 104 Å². The van der Waals surface area contributed by atoms with Gasteiger partial charge in [-0.3, -0.25) is 5.01 Å². The van der Waals surface area contributed by atoms with Gasteiger partial charge >= 0.3 is 0 Å². The maximum absolute atomic E-state index is 4.11. The molecular weight excluding hydrogens is 496 g/mol. The van der Waals surface area contributed by atoms with Crippen LogP contribution >= 0.6 is 0 Å². The molecule has 4 aromatic rings. The molecule has 3 heterocycles. The van der Waals surface area contributed by atoms with Crippen LogP contribution in [0.1, 0.15) is 38.5 Å². The summed E-state index contributed by atoms with van der Waals surface area (Å²) in [5.74, 6) is 1.17. The first-order chi connectivity index (χ1) is 19.7. The summed E-state index contributed by atoms with van der Waals surface area (Å²) in [6.07, 6.45) is 21.7. The Morgan fingerprint density at radius 1 is 0.825 bits per heavy atom. The second-order valence-corrected chi connectivity index (χ2v) is 10.5. The van der Waals surface area contributed by atoms with Gasteiger partial charge in [0, 0.05) is 39.6 Å². The van der Waals surface area contributed by atoms with Crippen LogP contribution in [0.5, 0.6) is 0 Å². The van der Waals surface area contributed by atoms with Crippen LogP contribution in [0.3, 0.4) is 0 Å². The smallest absolute Gasteiger partial charge is 0.243 e. The van der Waals surface area contributed by atoms with Crippen molar-refractivity contribution in [1.29, 1.82) is 0 Å². The van der Waals surface area contributed by atoms with Crippen LogP contribution < -0.4 is 24.8 Å². The van der Waals surface area contributed by atoms with Gasteiger partial charge in [-0.05, 0) is 56.4 Å². The molecule has 1 N–H and O–H groups in total. The molecule has 0 radical (unpaired) electrons. The van der Waals surface area contributed by atoms with Crippen molar-refractivity contribution in [2.24, 2.45) is 0 Å². The third-order valence-corrected chi connectivity index (χ3v) is 7.62. The minimum Gasteiger partial charge on any atom is -0.337 e. The number of hydrazine groups is 1. The number of para-hydroxylation sites is 3. The second-order valence-electron chi connectivity index (χ2n) is 10.5.